The lowest BCUT2D eigenvalue weighted by atomic mass is 9.89. The summed E-state index contributed by atoms with van der Waals surface area (Å²) in [5, 5.41) is 11.8. The third-order valence-electron chi connectivity index (χ3n) is 4.33. The number of amides is 3. The van der Waals surface area contributed by atoms with Gasteiger partial charge in [-0.1, -0.05) is 6.42 Å². The van der Waals surface area contributed by atoms with Gasteiger partial charge in [0, 0.05) is 32.6 Å². The molecule has 1 spiro atoms. The van der Waals surface area contributed by atoms with E-state index in [-0.39, 0.29) is 17.4 Å². The zero-order valence-corrected chi connectivity index (χ0v) is 12.8. The van der Waals surface area contributed by atoms with E-state index in [9.17, 15) is 9.59 Å². The molecule has 0 aromatic heterocycles. The molecule has 116 valence electrons. The molecule has 0 saturated carbocycles. The van der Waals surface area contributed by atoms with Crippen molar-refractivity contribution in [1.29, 1.82) is 5.26 Å². The summed E-state index contributed by atoms with van der Waals surface area (Å²) >= 11 is 0. The summed E-state index contributed by atoms with van der Waals surface area (Å²) in [6, 6.07) is 1.97. The molecule has 6 heteroatoms. The summed E-state index contributed by atoms with van der Waals surface area (Å²) in [6.07, 6.45) is 3.43. The molecule has 0 aliphatic carbocycles. The van der Waals surface area contributed by atoms with E-state index in [4.69, 9.17) is 10.00 Å². The first kappa shape index (κ1) is 15.8. The van der Waals surface area contributed by atoms with E-state index in [2.05, 4.69) is 11.4 Å². The quantitative estimate of drug-likeness (QED) is 0.619. The van der Waals surface area contributed by atoms with Crippen molar-refractivity contribution in [2.24, 2.45) is 5.41 Å². The Hall–Kier alpha value is -1.61. The maximum Gasteiger partial charge on any atom is 0.325 e. The first-order valence-corrected chi connectivity index (χ1v) is 7.53. The van der Waals surface area contributed by atoms with Gasteiger partial charge in [-0.05, 0) is 26.7 Å². The van der Waals surface area contributed by atoms with E-state index in [0.29, 0.717) is 32.6 Å². The number of hydrogen-bond acceptors (Lipinski definition) is 4. The zero-order chi connectivity index (χ0) is 15.5. The predicted octanol–water partition coefficient (Wildman–Crippen LogP) is 1.81. The zero-order valence-electron chi connectivity index (χ0n) is 12.8. The summed E-state index contributed by atoms with van der Waals surface area (Å²) in [6.45, 7) is 5.25. The molecule has 2 aliphatic rings. The highest BCUT2D eigenvalue weighted by atomic mass is 16.5. The molecular formula is C15H23N3O3. The van der Waals surface area contributed by atoms with Crippen LogP contribution in [0.1, 0.15) is 46.0 Å². The molecule has 2 rings (SSSR count). The molecule has 3 amide bonds. The fourth-order valence-corrected chi connectivity index (χ4v) is 2.83. The van der Waals surface area contributed by atoms with Crippen molar-refractivity contribution in [2.75, 3.05) is 19.8 Å². The van der Waals surface area contributed by atoms with Crippen LogP contribution in [0.4, 0.5) is 4.79 Å². The van der Waals surface area contributed by atoms with Crippen molar-refractivity contribution in [2.45, 2.75) is 51.5 Å². The van der Waals surface area contributed by atoms with Crippen LogP contribution in [-0.4, -0.2) is 42.1 Å². The highest BCUT2D eigenvalue weighted by Gasteiger charge is 2.51. The van der Waals surface area contributed by atoms with Crippen LogP contribution in [0.3, 0.4) is 0 Å². The Morgan fingerprint density at radius 2 is 2.00 bits per heavy atom. The third kappa shape index (κ3) is 3.35. The fraction of sp³-hybridized carbons (Fsp3) is 0.800. The van der Waals surface area contributed by atoms with E-state index >= 15 is 0 Å². The number of ether oxygens (including phenoxy) is 1. The van der Waals surface area contributed by atoms with Crippen molar-refractivity contribution in [1.82, 2.24) is 10.2 Å². The number of nitrogens with zero attached hydrogens (tertiary/aromatic N) is 2. The molecule has 0 atom stereocenters. The summed E-state index contributed by atoms with van der Waals surface area (Å²) < 4.78 is 5.27. The van der Waals surface area contributed by atoms with Crippen molar-refractivity contribution in [3.05, 3.63) is 0 Å². The number of nitrogens with one attached hydrogen (secondary N) is 1. The number of hydrogen-bond donors (Lipinski definition) is 1. The lowest BCUT2D eigenvalue weighted by Crippen LogP contribution is -2.51. The van der Waals surface area contributed by atoms with Crippen LogP contribution < -0.4 is 5.32 Å². The van der Waals surface area contributed by atoms with Crippen LogP contribution in [0.25, 0.3) is 0 Å². The van der Waals surface area contributed by atoms with Gasteiger partial charge in [0.1, 0.15) is 5.54 Å². The maximum atomic E-state index is 12.5. The lowest BCUT2D eigenvalue weighted by molar-refractivity contribution is -0.134. The Morgan fingerprint density at radius 3 is 2.62 bits per heavy atom. The first-order chi connectivity index (χ1) is 9.90. The van der Waals surface area contributed by atoms with E-state index < -0.39 is 5.54 Å². The topological polar surface area (TPSA) is 82.4 Å². The van der Waals surface area contributed by atoms with E-state index in [0.717, 1.165) is 19.3 Å². The van der Waals surface area contributed by atoms with Crippen LogP contribution in [-0.2, 0) is 9.53 Å². The summed E-state index contributed by atoms with van der Waals surface area (Å²) in [5.41, 5.74) is -1.08. The minimum Gasteiger partial charge on any atom is -0.381 e. The van der Waals surface area contributed by atoms with Crippen LogP contribution >= 0.6 is 0 Å². The van der Waals surface area contributed by atoms with Gasteiger partial charge >= 0.3 is 6.03 Å². The van der Waals surface area contributed by atoms with Crippen molar-refractivity contribution in [3.63, 3.8) is 0 Å². The van der Waals surface area contributed by atoms with Crippen molar-refractivity contribution in [3.8, 4) is 6.07 Å². The SMILES string of the molecule is CC(C)(C#N)CCCCN1C(=O)NC2(CCOCC2)C1=O. The van der Waals surface area contributed by atoms with Crippen LogP contribution in [0.15, 0.2) is 0 Å². The second-order valence-corrected chi connectivity index (χ2v) is 6.53. The Morgan fingerprint density at radius 1 is 1.33 bits per heavy atom. The van der Waals surface area contributed by atoms with Gasteiger partial charge in [0.25, 0.3) is 5.91 Å². The molecule has 21 heavy (non-hydrogen) atoms. The number of carbonyl (C=O) groups is 2. The normalized spacial score (nSPS) is 21.5. The minimum atomic E-state index is -0.735. The average molecular weight is 293 g/mol. The predicted molar refractivity (Wildman–Crippen MR) is 76.3 cm³/mol. The Kier molecular flexibility index (Phi) is 4.52. The molecule has 1 N–H and O–H groups in total. The van der Waals surface area contributed by atoms with Crippen LogP contribution in [0, 0.1) is 16.7 Å². The molecule has 2 heterocycles. The number of imide groups is 1. The molecule has 2 saturated heterocycles. The fourth-order valence-electron chi connectivity index (χ4n) is 2.83. The van der Waals surface area contributed by atoms with Gasteiger partial charge in [-0.25, -0.2) is 4.79 Å². The molecular weight excluding hydrogens is 270 g/mol. The molecule has 0 unspecified atom stereocenters. The second kappa shape index (κ2) is 6.02. The summed E-state index contributed by atoms with van der Waals surface area (Å²) in [5.74, 6) is -0.115. The van der Waals surface area contributed by atoms with Gasteiger partial charge in [-0.2, -0.15) is 5.26 Å². The van der Waals surface area contributed by atoms with Gasteiger partial charge in [-0.15, -0.1) is 0 Å². The van der Waals surface area contributed by atoms with Gasteiger partial charge in [0.15, 0.2) is 0 Å². The van der Waals surface area contributed by atoms with E-state index in [1.54, 1.807) is 0 Å². The van der Waals surface area contributed by atoms with Crippen molar-refractivity contribution >= 4 is 11.9 Å². The van der Waals surface area contributed by atoms with E-state index in [1.807, 2.05) is 13.8 Å². The first-order valence-electron chi connectivity index (χ1n) is 7.53. The van der Waals surface area contributed by atoms with Crippen LogP contribution in [0.5, 0.6) is 0 Å². The Bertz CT molecular complexity index is 461. The molecule has 0 aromatic rings. The number of urea groups is 1. The van der Waals surface area contributed by atoms with Gasteiger partial charge in [0.2, 0.25) is 0 Å². The molecule has 6 nitrogen and oxygen atoms in total. The number of carbonyl (C=O) groups excluding carboxylic acids is 2. The number of rotatable bonds is 5. The second-order valence-electron chi connectivity index (χ2n) is 6.53. The monoisotopic (exact) mass is 293 g/mol. The number of nitriles is 1. The minimum absolute atomic E-state index is 0.115. The van der Waals surface area contributed by atoms with Crippen LogP contribution in [0.2, 0.25) is 0 Å². The highest BCUT2D eigenvalue weighted by molar-refractivity contribution is 6.07. The lowest BCUT2D eigenvalue weighted by Gasteiger charge is -2.30. The average Bonchev–Trinajstić information content (AvgIpc) is 2.68. The van der Waals surface area contributed by atoms with Gasteiger partial charge in [-0.3, -0.25) is 9.69 Å². The molecule has 2 fully saturated rings. The number of unbranched alkanes of at least 4 members (excludes halogenated alkanes) is 1. The Labute approximate surface area is 125 Å². The summed E-state index contributed by atoms with van der Waals surface area (Å²) in [4.78, 5) is 25.8. The largest absolute Gasteiger partial charge is 0.381 e. The third-order valence-corrected chi connectivity index (χ3v) is 4.33. The smallest absolute Gasteiger partial charge is 0.325 e. The van der Waals surface area contributed by atoms with E-state index in [1.165, 1.54) is 4.90 Å². The molecule has 0 aromatic carbocycles. The summed E-state index contributed by atoms with van der Waals surface area (Å²) in [7, 11) is 0. The maximum absolute atomic E-state index is 12.5. The van der Waals surface area contributed by atoms with Crippen molar-refractivity contribution < 1.29 is 14.3 Å². The highest BCUT2D eigenvalue weighted by Crippen LogP contribution is 2.29. The molecule has 0 bridgehead atoms. The van der Waals surface area contributed by atoms with Gasteiger partial charge < -0.3 is 10.1 Å². The standard InChI is InChI=1S/C15H23N3O3/c1-14(2,11-16)5-3-4-8-18-12(19)15(17-13(18)20)6-9-21-10-7-15/h3-10H2,1-2H3,(H,17,20). The molecule has 0 radical (unpaired) electrons. The Balaban J connectivity index is 1.85. The van der Waals surface area contributed by atoms with Gasteiger partial charge in [0.05, 0.1) is 11.5 Å². The molecule has 2 aliphatic heterocycles.